The predicted octanol–water partition coefficient (Wildman–Crippen LogP) is 1.91. The van der Waals surface area contributed by atoms with E-state index in [9.17, 15) is 4.79 Å². The maximum Gasteiger partial charge on any atom is 0.244 e. The van der Waals surface area contributed by atoms with Crippen LogP contribution in [-0.2, 0) is 4.79 Å². The summed E-state index contributed by atoms with van der Waals surface area (Å²) < 4.78 is 1.67. The molecule has 1 saturated carbocycles. The Morgan fingerprint density at radius 2 is 2.36 bits per heavy atom. The zero-order valence-electron chi connectivity index (χ0n) is 12.2. The van der Waals surface area contributed by atoms with Crippen molar-refractivity contribution in [1.29, 1.82) is 0 Å². The van der Waals surface area contributed by atoms with Gasteiger partial charge in [0.25, 0.3) is 0 Å². The van der Waals surface area contributed by atoms with Crippen LogP contribution in [0.2, 0.25) is 0 Å². The lowest BCUT2D eigenvalue weighted by Crippen LogP contribution is -2.32. The molecule has 3 heterocycles. The lowest BCUT2D eigenvalue weighted by molar-refractivity contribution is -0.124. The Kier molecular flexibility index (Phi) is 2.92. The van der Waals surface area contributed by atoms with Crippen molar-refractivity contribution in [2.75, 3.05) is 0 Å². The Morgan fingerprint density at radius 3 is 3.18 bits per heavy atom. The smallest absolute Gasteiger partial charge is 0.244 e. The van der Waals surface area contributed by atoms with Gasteiger partial charge < -0.3 is 10.3 Å². The highest BCUT2D eigenvalue weighted by Crippen LogP contribution is 2.25. The van der Waals surface area contributed by atoms with Gasteiger partial charge in [0.1, 0.15) is 18.0 Å². The lowest BCUT2D eigenvalue weighted by atomic mass is 10.2. The van der Waals surface area contributed by atoms with Gasteiger partial charge in [-0.2, -0.15) is 5.10 Å². The van der Waals surface area contributed by atoms with Crippen molar-refractivity contribution in [2.45, 2.75) is 31.8 Å². The zero-order valence-corrected chi connectivity index (χ0v) is 12.2. The van der Waals surface area contributed by atoms with Crippen LogP contribution in [0, 0.1) is 0 Å². The minimum atomic E-state index is -0.335. The summed E-state index contributed by atoms with van der Waals surface area (Å²) >= 11 is 0. The van der Waals surface area contributed by atoms with Crippen LogP contribution >= 0.6 is 0 Å². The van der Waals surface area contributed by atoms with Crippen LogP contribution in [0.3, 0.4) is 0 Å². The average Bonchev–Trinajstić information content (AvgIpc) is 3.05. The summed E-state index contributed by atoms with van der Waals surface area (Å²) in [7, 11) is 0. The number of H-pyrrole nitrogens is 1. The van der Waals surface area contributed by atoms with Crippen molar-refractivity contribution < 1.29 is 6.22 Å². The summed E-state index contributed by atoms with van der Waals surface area (Å²) in [6, 6.07) is 1.95. The van der Waals surface area contributed by atoms with Gasteiger partial charge in [0.15, 0.2) is 0 Å². The number of aromatic nitrogens is 5. The van der Waals surface area contributed by atoms with Gasteiger partial charge in [-0.25, -0.2) is 9.97 Å². The Hall–Kier alpha value is -2.70. The van der Waals surface area contributed by atoms with Crippen LogP contribution in [0.15, 0.2) is 31.0 Å². The average molecular weight is 298 g/mol. The fraction of sp³-hybridized carbons (Fsp3) is 0.333. The molecular weight excluding hydrogens is 280 g/mol. The molecular formula is C15H18N6O. The number of nitrogens with zero attached hydrogens (tertiary/aromatic N) is 4. The SMILES string of the molecule is CC(C(=O)NC1CC1)n1cc(-c2ncnc3[nH]ccc23)cn1.[HH]. The number of aromatic amines is 1. The van der Waals surface area contributed by atoms with E-state index in [0.717, 1.165) is 35.1 Å². The molecule has 3 aromatic rings. The lowest BCUT2D eigenvalue weighted by Gasteiger charge is -2.11. The number of hydrogen-bond donors (Lipinski definition) is 2. The summed E-state index contributed by atoms with van der Waals surface area (Å²) in [6.07, 6.45) is 9.10. The molecule has 0 radical (unpaired) electrons. The van der Waals surface area contributed by atoms with Gasteiger partial charge in [0.2, 0.25) is 5.91 Å². The second-order valence-corrected chi connectivity index (χ2v) is 5.63. The van der Waals surface area contributed by atoms with Crippen LogP contribution < -0.4 is 5.32 Å². The van der Waals surface area contributed by atoms with E-state index in [4.69, 9.17) is 0 Å². The molecule has 1 fully saturated rings. The molecule has 7 heteroatoms. The summed E-state index contributed by atoms with van der Waals surface area (Å²) in [5.74, 6) is 0.00614. The summed E-state index contributed by atoms with van der Waals surface area (Å²) in [5, 5.41) is 8.26. The molecule has 1 amide bonds. The molecule has 0 aromatic carbocycles. The van der Waals surface area contributed by atoms with Gasteiger partial charge in [0.05, 0.1) is 11.9 Å². The Balaban J connectivity index is 0.00000156. The number of carbonyl (C=O) groups is 1. The minimum Gasteiger partial charge on any atom is -0.352 e. The number of hydrogen-bond acceptors (Lipinski definition) is 4. The molecule has 0 saturated heterocycles. The fourth-order valence-corrected chi connectivity index (χ4v) is 2.44. The van der Waals surface area contributed by atoms with Crippen LogP contribution in [0.25, 0.3) is 22.3 Å². The van der Waals surface area contributed by atoms with Crippen LogP contribution in [-0.4, -0.2) is 36.7 Å². The molecule has 7 nitrogen and oxygen atoms in total. The van der Waals surface area contributed by atoms with Crippen molar-refractivity contribution in [3.05, 3.63) is 31.0 Å². The number of nitrogens with one attached hydrogen (secondary N) is 2. The van der Waals surface area contributed by atoms with Gasteiger partial charge in [-0.15, -0.1) is 0 Å². The first kappa shape index (κ1) is 13.0. The molecule has 4 rings (SSSR count). The van der Waals surface area contributed by atoms with Crippen LogP contribution in [0.4, 0.5) is 0 Å². The van der Waals surface area contributed by atoms with E-state index in [1.807, 2.05) is 25.4 Å². The third kappa shape index (κ3) is 2.24. The quantitative estimate of drug-likeness (QED) is 0.770. The van der Waals surface area contributed by atoms with E-state index in [1.165, 1.54) is 6.33 Å². The molecule has 0 bridgehead atoms. The van der Waals surface area contributed by atoms with E-state index in [0.29, 0.717) is 6.04 Å². The first-order chi connectivity index (χ1) is 10.7. The predicted molar refractivity (Wildman–Crippen MR) is 83.1 cm³/mol. The van der Waals surface area contributed by atoms with E-state index >= 15 is 0 Å². The summed E-state index contributed by atoms with van der Waals surface area (Å²) in [5.41, 5.74) is 2.47. The van der Waals surface area contributed by atoms with E-state index < -0.39 is 0 Å². The molecule has 1 atom stereocenters. The summed E-state index contributed by atoms with van der Waals surface area (Å²) in [6.45, 7) is 1.85. The molecule has 2 N–H and O–H groups in total. The number of fused-ring (bicyclic) bond motifs is 1. The van der Waals surface area contributed by atoms with Crippen LogP contribution in [0.1, 0.15) is 27.2 Å². The third-order valence-electron chi connectivity index (χ3n) is 3.93. The Morgan fingerprint density at radius 1 is 1.50 bits per heavy atom. The normalized spacial score (nSPS) is 15.9. The zero-order chi connectivity index (χ0) is 15.1. The van der Waals surface area contributed by atoms with Gasteiger partial charge in [0, 0.05) is 30.8 Å². The molecule has 1 unspecified atom stereocenters. The largest absolute Gasteiger partial charge is 0.352 e. The molecule has 22 heavy (non-hydrogen) atoms. The van der Waals surface area contributed by atoms with Crippen molar-refractivity contribution in [3.8, 4) is 11.3 Å². The Bertz CT molecular complexity index is 837. The highest BCUT2D eigenvalue weighted by molar-refractivity contribution is 5.90. The minimum absolute atomic E-state index is 0. The first-order valence-electron chi connectivity index (χ1n) is 7.35. The first-order valence-corrected chi connectivity index (χ1v) is 7.35. The number of rotatable bonds is 4. The maximum absolute atomic E-state index is 12.1. The molecule has 3 aromatic heterocycles. The molecule has 1 aliphatic rings. The van der Waals surface area contributed by atoms with Gasteiger partial charge in [-0.1, -0.05) is 0 Å². The molecule has 0 aliphatic heterocycles. The highest BCUT2D eigenvalue weighted by Gasteiger charge is 2.26. The second kappa shape index (κ2) is 4.94. The number of amides is 1. The standard InChI is InChI=1S/C15H16N6O.H2/c1-9(15(22)20-11-2-3-11)21-7-10(6-19-21)13-12-4-5-16-14(12)18-8-17-13;/h4-9,11H,2-3H2,1H3,(H,20,22)(H,16,17,18);1H. The molecule has 1 aliphatic carbocycles. The van der Waals surface area contributed by atoms with E-state index in [-0.39, 0.29) is 13.4 Å². The van der Waals surface area contributed by atoms with Crippen molar-refractivity contribution in [2.24, 2.45) is 0 Å². The monoisotopic (exact) mass is 298 g/mol. The van der Waals surface area contributed by atoms with Crippen LogP contribution in [0.5, 0.6) is 0 Å². The van der Waals surface area contributed by atoms with Gasteiger partial charge in [-0.3, -0.25) is 9.48 Å². The number of carbonyl (C=O) groups excluding carboxylic acids is 1. The fourth-order valence-electron chi connectivity index (χ4n) is 2.44. The summed E-state index contributed by atoms with van der Waals surface area (Å²) in [4.78, 5) is 23.7. The van der Waals surface area contributed by atoms with E-state index in [2.05, 4.69) is 25.4 Å². The Labute approximate surface area is 128 Å². The molecule has 114 valence electrons. The second-order valence-electron chi connectivity index (χ2n) is 5.63. The van der Waals surface area contributed by atoms with Crippen molar-refractivity contribution in [1.82, 2.24) is 30.0 Å². The van der Waals surface area contributed by atoms with Crippen molar-refractivity contribution in [3.63, 3.8) is 0 Å². The van der Waals surface area contributed by atoms with Crippen molar-refractivity contribution >= 4 is 16.9 Å². The maximum atomic E-state index is 12.1. The van der Waals surface area contributed by atoms with E-state index in [1.54, 1.807) is 10.9 Å². The van der Waals surface area contributed by atoms with Gasteiger partial charge in [-0.05, 0) is 25.8 Å². The highest BCUT2D eigenvalue weighted by atomic mass is 16.2. The van der Waals surface area contributed by atoms with Gasteiger partial charge >= 0.3 is 0 Å². The topological polar surface area (TPSA) is 88.5 Å². The third-order valence-corrected chi connectivity index (χ3v) is 3.93. The molecule has 0 spiro atoms.